The summed E-state index contributed by atoms with van der Waals surface area (Å²) in [5.41, 5.74) is 4.34. The van der Waals surface area contributed by atoms with E-state index in [1.807, 2.05) is 31.2 Å². The molecule has 2 heterocycles. The third-order valence-corrected chi connectivity index (χ3v) is 4.87. The predicted molar refractivity (Wildman–Crippen MR) is 110 cm³/mol. The number of hydrogen-bond acceptors (Lipinski definition) is 4. The molecule has 5 nitrogen and oxygen atoms in total. The van der Waals surface area contributed by atoms with Crippen molar-refractivity contribution in [2.45, 2.75) is 53.1 Å². The molecular formula is C23H26N2O3. The van der Waals surface area contributed by atoms with Gasteiger partial charge in [-0.1, -0.05) is 45.9 Å². The lowest BCUT2D eigenvalue weighted by Gasteiger charge is -2.15. The highest BCUT2D eigenvalue weighted by molar-refractivity contribution is 5.91. The minimum absolute atomic E-state index is 0.0397. The van der Waals surface area contributed by atoms with Gasteiger partial charge in [0.05, 0.1) is 11.3 Å². The molecule has 0 radical (unpaired) electrons. The molecular weight excluding hydrogens is 352 g/mol. The summed E-state index contributed by atoms with van der Waals surface area (Å²) in [5, 5.41) is 0. The Kier molecular flexibility index (Phi) is 5.63. The predicted octanol–water partition coefficient (Wildman–Crippen LogP) is 4.61. The zero-order valence-electron chi connectivity index (χ0n) is 17.0. The zero-order chi connectivity index (χ0) is 20.4. The second kappa shape index (κ2) is 7.97. The summed E-state index contributed by atoms with van der Waals surface area (Å²) in [4.78, 5) is 29.5. The first kappa shape index (κ1) is 19.8. The molecule has 0 aliphatic carbocycles. The first-order valence-corrected chi connectivity index (χ1v) is 9.57. The fraction of sp³-hybridized carbons (Fsp3) is 0.348. The Morgan fingerprint density at radius 3 is 2.50 bits per heavy atom. The number of carbonyl (C=O) groups is 1. The highest BCUT2D eigenvalue weighted by atomic mass is 16.5. The molecule has 0 saturated heterocycles. The van der Waals surface area contributed by atoms with Crippen LogP contribution in [0.3, 0.4) is 0 Å². The molecule has 0 spiro atoms. The van der Waals surface area contributed by atoms with Crippen molar-refractivity contribution in [1.29, 1.82) is 0 Å². The number of aromatic nitrogens is 2. The van der Waals surface area contributed by atoms with Crippen molar-refractivity contribution in [3.8, 4) is 0 Å². The topological polar surface area (TPSA) is 60.7 Å². The Morgan fingerprint density at radius 2 is 1.82 bits per heavy atom. The van der Waals surface area contributed by atoms with Crippen LogP contribution in [0.4, 0.5) is 0 Å². The summed E-state index contributed by atoms with van der Waals surface area (Å²) in [6.45, 7) is 10.2. The molecule has 28 heavy (non-hydrogen) atoms. The normalized spacial score (nSPS) is 11.4. The number of pyridine rings is 1. The average molecular weight is 378 g/mol. The maximum Gasteiger partial charge on any atom is 0.338 e. The van der Waals surface area contributed by atoms with E-state index in [4.69, 9.17) is 4.74 Å². The third-order valence-electron chi connectivity index (χ3n) is 4.87. The van der Waals surface area contributed by atoms with Gasteiger partial charge in [-0.15, -0.1) is 0 Å². The molecule has 0 amide bonds. The smallest absolute Gasteiger partial charge is 0.338 e. The maximum absolute atomic E-state index is 12.7. The number of carbonyl (C=O) groups excluding carboxylic acids is 1. The van der Waals surface area contributed by atoms with Gasteiger partial charge in [-0.05, 0) is 48.1 Å². The minimum atomic E-state index is -0.398. The van der Waals surface area contributed by atoms with Crippen LogP contribution in [0.2, 0.25) is 0 Å². The summed E-state index contributed by atoms with van der Waals surface area (Å²) < 4.78 is 7.02. The van der Waals surface area contributed by atoms with E-state index >= 15 is 0 Å². The molecule has 0 bridgehead atoms. The van der Waals surface area contributed by atoms with E-state index in [1.54, 1.807) is 6.07 Å². The van der Waals surface area contributed by atoms with Gasteiger partial charge in [0.1, 0.15) is 12.3 Å². The molecule has 5 heteroatoms. The van der Waals surface area contributed by atoms with Gasteiger partial charge in [0.15, 0.2) is 0 Å². The van der Waals surface area contributed by atoms with Crippen molar-refractivity contribution in [2.75, 3.05) is 0 Å². The number of benzene rings is 1. The van der Waals surface area contributed by atoms with Crippen molar-refractivity contribution in [2.24, 2.45) is 0 Å². The number of ether oxygens (including phenoxy) is 1. The van der Waals surface area contributed by atoms with Gasteiger partial charge < -0.3 is 4.74 Å². The van der Waals surface area contributed by atoms with Gasteiger partial charge in [0.2, 0.25) is 0 Å². The molecule has 0 fully saturated rings. The van der Waals surface area contributed by atoms with E-state index < -0.39 is 5.97 Å². The van der Waals surface area contributed by atoms with Gasteiger partial charge in [-0.2, -0.15) is 0 Å². The van der Waals surface area contributed by atoms with E-state index in [1.165, 1.54) is 16.0 Å². The number of nitrogens with zero attached hydrogens (tertiary/aromatic N) is 2. The fourth-order valence-corrected chi connectivity index (χ4v) is 3.26. The highest BCUT2D eigenvalue weighted by Crippen LogP contribution is 2.25. The summed E-state index contributed by atoms with van der Waals surface area (Å²) in [5.74, 6) is 0.193. The van der Waals surface area contributed by atoms with Gasteiger partial charge >= 0.3 is 5.97 Å². The number of rotatable bonds is 5. The van der Waals surface area contributed by atoms with Crippen LogP contribution in [0.1, 0.15) is 72.4 Å². The Labute approximate surface area is 165 Å². The van der Waals surface area contributed by atoms with Crippen LogP contribution >= 0.6 is 0 Å². The quantitative estimate of drug-likeness (QED) is 0.609. The fourth-order valence-electron chi connectivity index (χ4n) is 3.26. The molecule has 1 aromatic carbocycles. The first-order valence-electron chi connectivity index (χ1n) is 9.57. The summed E-state index contributed by atoms with van der Waals surface area (Å²) >= 11 is 0. The lowest BCUT2D eigenvalue weighted by Crippen LogP contribution is -2.18. The number of aryl methyl sites for hydroxylation is 1. The van der Waals surface area contributed by atoms with Crippen LogP contribution in [-0.4, -0.2) is 15.4 Å². The lowest BCUT2D eigenvalue weighted by atomic mass is 9.91. The van der Waals surface area contributed by atoms with Crippen LogP contribution in [0.25, 0.3) is 5.65 Å². The molecule has 0 unspecified atom stereocenters. The molecule has 0 atom stereocenters. The SMILES string of the molecule is Cc1cccc2nc(COC(=O)c3ccc(C(C)C)cc3C(C)C)cc(=O)n12. The van der Waals surface area contributed by atoms with Crippen LogP contribution < -0.4 is 5.56 Å². The molecule has 0 aliphatic heterocycles. The van der Waals surface area contributed by atoms with Crippen LogP contribution in [0.15, 0.2) is 47.3 Å². The van der Waals surface area contributed by atoms with Gasteiger partial charge in [-0.25, -0.2) is 9.78 Å². The molecule has 3 aromatic rings. The second-order valence-electron chi connectivity index (χ2n) is 7.68. The lowest BCUT2D eigenvalue weighted by molar-refractivity contribution is 0.0466. The molecule has 3 rings (SSSR count). The molecule has 146 valence electrons. The molecule has 0 N–H and O–H groups in total. The number of hydrogen-bond donors (Lipinski definition) is 0. The Bertz CT molecular complexity index is 1080. The first-order chi connectivity index (χ1) is 13.3. The third kappa shape index (κ3) is 3.98. The molecule has 0 aliphatic rings. The van der Waals surface area contributed by atoms with Crippen molar-refractivity contribution in [3.63, 3.8) is 0 Å². The van der Waals surface area contributed by atoms with Crippen LogP contribution in [0, 0.1) is 6.92 Å². The van der Waals surface area contributed by atoms with E-state index in [9.17, 15) is 9.59 Å². The number of fused-ring (bicyclic) bond motifs is 1. The second-order valence-corrected chi connectivity index (χ2v) is 7.68. The minimum Gasteiger partial charge on any atom is -0.456 e. The summed E-state index contributed by atoms with van der Waals surface area (Å²) in [7, 11) is 0. The Hall–Kier alpha value is -2.95. The van der Waals surface area contributed by atoms with Crippen molar-refractivity contribution in [1.82, 2.24) is 9.38 Å². The highest BCUT2D eigenvalue weighted by Gasteiger charge is 2.17. The Morgan fingerprint density at radius 1 is 1.07 bits per heavy atom. The van der Waals surface area contributed by atoms with Gasteiger partial charge in [-0.3, -0.25) is 9.20 Å². The maximum atomic E-state index is 12.7. The van der Waals surface area contributed by atoms with E-state index in [-0.39, 0.29) is 18.1 Å². The summed E-state index contributed by atoms with van der Waals surface area (Å²) in [6.07, 6.45) is 0. The monoisotopic (exact) mass is 378 g/mol. The van der Waals surface area contributed by atoms with Crippen molar-refractivity contribution >= 4 is 11.6 Å². The van der Waals surface area contributed by atoms with Crippen molar-refractivity contribution in [3.05, 3.63) is 80.9 Å². The molecule has 2 aromatic heterocycles. The van der Waals surface area contributed by atoms with Crippen LogP contribution in [0.5, 0.6) is 0 Å². The van der Waals surface area contributed by atoms with Crippen molar-refractivity contribution < 1.29 is 9.53 Å². The standard InChI is InChI=1S/C23H26N2O3/c1-14(2)17-9-10-19(20(11-17)15(3)4)23(27)28-13-18-12-22(26)25-16(5)7-6-8-21(25)24-18/h6-12,14-15H,13H2,1-5H3. The van der Waals surface area contributed by atoms with E-state index in [2.05, 4.69) is 38.7 Å². The van der Waals surface area contributed by atoms with Gasteiger partial charge in [0.25, 0.3) is 5.56 Å². The average Bonchev–Trinajstić information content (AvgIpc) is 2.65. The van der Waals surface area contributed by atoms with E-state index in [0.29, 0.717) is 22.8 Å². The van der Waals surface area contributed by atoms with Gasteiger partial charge in [0, 0.05) is 11.8 Å². The largest absolute Gasteiger partial charge is 0.456 e. The zero-order valence-corrected chi connectivity index (χ0v) is 17.0. The Balaban J connectivity index is 1.85. The van der Waals surface area contributed by atoms with Crippen LogP contribution in [-0.2, 0) is 11.3 Å². The summed E-state index contributed by atoms with van der Waals surface area (Å²) in [6, 6.07) is 12.8. The molecule has 0 saturated carbocycles. The van der Waals surface area contributed by atoms with E-state index in [0.717, 1.165) is 11.3 Å². The number of esters is 1.